The van der Waals surface area contributed by atoms with Gasteiger partial charge in [0.05, 0.1) is 24.9 Å². The molecule has 1 aromatic rings. The highest BCUT2D eigenvalue weighted by Gasteiger charge is 2.48. The molecule has 0 bridgehead atoms. The Morgan fingerprint density at radius 3 is 2.75 bits per heavy atom. The van der Waals surface area contributed by atoms with E-state index in [4.69, 9.17) is 4.74 Å². The molecule has 1 saturated carbocycles. The van der Waals surface area contributed by atoms with Crippen LogP contribution in [0, 0.1) is 5.82 Å². The number of pyridine rings is 1. The largest absolute Gasteiger partial charge is 0.378 e. The molecule has 110 valence electrons. The molecule has 0 atom stereocenters. The predicted octanol–water partition coefficient (Wildman–Crippen LogP) is 1.55. The Morgan fingerprint density at radius 2 is 2.05 bits per heavy atom. The number of rotatable bonds is 2. The van der Waals surface area contributed by atoms with Crippen LogP contribution in [0.3, 0.4) is 0 Å². The first-order chi connectivity index (χ1) is 9.55. The Labute approximate surface area is 117 Å². The van der Waals surface area contributed by atoms with E-state index >= 15 is 0 Å². The van der Waals surface area contributed by atoms with Crippen molar-refractivity contribution in [3.05, 3.63) is 24.3 Å². The van der Waals surface area contributed by atoms with Crippen LogP contribution in [0.4, 0.5) is 4.39 Å². The fourth-order valence-electron chi connectivity index (χ4n) is 3.18. The standard InChI is InChI=1S/C13H17FN2O3S/c14-11-7-12(9-15-8-11)20(17,18)16-5-6-19-10-13(16)3-1-2-4-13/h7-9H,1-6,10H2. The van der Waals surface area contributed by atoms with Gasteiger partial charge in [-0.05, 0) is 18.9 Å². The summed E-state index contributed by atoms with van der Waals surface area (Å²) >= 11 is 0. The van der Waals surface area contributed by atoms with E-state index in [1.165, 1.54) is 10.5 Å². The van der Waals surface area contributed by atoms with Crippen molar-refractivity contribution in [1.82, 2.24) is 9.29 Å². The number of morpholine rings is 1. The van der Waals surface area contributed by atoms with Crippen LogP contribution in [0.2, 0.25) is 0 Å². The van der Waals surface area contributed by atoms with Crippen LogP contribution in [-0.2, 0) is 14.8 Å². The highest BCUT2D eigenvalue weighted by Crippen LogP contribution is 2.40. The van der Waals surface area contributed by atoms with Gasteiger partial charge in [-0.15, -0.1) is 0 Å². The van der Waals surface area contributed by atoms with Gasteiger partial charge in [-0.25, -0.2) is 12.8 Å². The normalized spacial score (nSPS) is 23.2. The van der Waals surface area contributed by atoms with E-state index in [0.717, 1.165) is 37.9 Å². The van der Waals surface area contributed by atoms with Crippen molar-refractivity contribution >= 4 is 10.0 Å². The number of ether oxygens (including phenoxy) is 1. The Morgan fingerprint density at radius 1 is 1.30 bits per heavy atom. The summed E-state index contributed by atoms with van der Waals surface area (Å²) < 4.78 is 45.8. The second kappa shape index (κ2) is 5.05. The fourth-order valence-corrected chi connectivity index (χ4v) is 4.95. The minimum absolute atomic E-state index is 0.0781. The molecule has 20 heavy (non-hydrogen) atoms. The molecule has 1 saturated heterocycles. The zero-order valence-corrected chi connectivity index (χ0v) is 11.9. The summed E-state index contributed by atoms with van der Waals surface area (Å²) in [6.45, 7) is 1.12. The van der Waals surface area contributed by atoms with Gasteiger partial charge in [0.1, 0.15) is 10.7 Å². The van der Waals surface area contributed by atoms with Crippen LogP contribution in [0.15, 0.2) is 23.4 Å². The third kappa shape index (κ3) is 2.23. The number of halogens is 1. The van der Waals surface area contributed by atoms with E-state index in [9.17, 15) is 12.8 Å². The topological polar surface area (TPSA) is 59.5 Å². The van der Waals surface area contributed by atoms with Crippen molar-refractivity contribution in [1.29, 1.82) is 0 Å². The maximum Gasteiger partial charge on any atom is 0.245 e. The average Bonchev–Trinajstić information content (AvgIpc) is 2.88. The van der Waals surface area contributed by atoms with Gasteiger partial charge >= 0.3 is 0 Å². The molecule has 1 spiro atoms. The van der Waals surface area contributed by atoms with Gasteiger partial charge in [0.15, 0.2) is 0 Å². The molecule has 0 N–H and O–H groups in total. The van der Waals surface area contributed by atoms with Crippen LogP contribution >= 0.6 is 0 Å². The third-order valence-electron chi connectivity index (χ3n) is 4.14. The quantitative estimate of drug-likeness (QED) is 0.831. The maximum atomic E-state index is 13.3. The molecular weight excluding hydrogens is 283 g/mol. The smallest absolute Gasteiger partial charge is 0.245 e. The lowest BCUT2D eigenvalue weighted by atomic mass is 9.98. The van der Waals surface area contributed by atoms with Gasteiger partial charge < -0.3 is 4.74 Å². The number of sulfonamides is 1. The molecule has 2 fully saturated rings. The van der Waals surface area contributed by atoms with Crippen molar-refractivity contribution in [3.8, 4) is 0 Å². The van der Waals surface area contributed by atoms with E-state index in [-0.39, 0.29) is 4.90 Å². The van der Waals surface area contributed by atoms with Gasteiger partial charge in [0, 0.05) is 12.7 Å². The molecule has 1 aliphatic carbocycles. The molecule has 3 rings (SSSR count). The third-order valence-corrected chi connectivity index (χ3v) is 6.11. The predicted molar refractivity (Wildman–Crippen MR) is 70.1 cm³/mol. The fraction of sp³-hybridized carbons (Fsp3) is 0.615. The monoisotopic (exact) mass is 300 g/mol. The van der Waals surface area contributed by atoms with Gasteiger partial charge in [-0.3, -0.25) is 4.98 Å². The Balaban J connectivity index is 2.01. The maximum absolute atomic E-state index is 13.3. The number of aromatic nitrogens is 1. The summed E-state index contributed by atoms with van der Waals surface area (Å²) in [7, 11) is -3.73. The number of hydrogen-bond acceptors (Lipinski definition) is 4. The Hall–Kier alpha value is -1.05. The molecule has 0 unspecified atom stereocenters. The summed E-state index contributed by atoms with van der Waals surface area (Å²) in [5, 5.41) is 0. The lowest BCUT2D eigenvalue weighted by Gasteiger charge is -2.43. The van der Waals surface area contributed by atoms with Crippen LogP contribution in [0.5, 0.6) is 0 Å². The molecule has 0 aromatic carbocycles. The van der Waals surface area contributed by atoms with Gasteiger partial charge in [-0.2, -0.15) is 4.31 Å². The molecule has 1 aliphatic heterocycles. The lowest BCUT2D eigenvalue weighted by molar-refractivity contribution is -0.0226. The summed E-state index contributed by atoms with van der Waals surface area (Å²) in [4.78, 5) is 3.57. The zero-order chi connectivity index (χ0) is 14.2. The molecule has 1 aromatic heterocycles. The van der Waals surface area contributed by atoms with E-state index in [2.05, 4.69) is 4.98 Å². The van der Waals surface area contributed by atoms with E-state index in [0.29, 0.717) is 19.8 Å². The van der Waals surface area contributed by atoms with E-state index < -0.39 is 21.4 Å². The molecule has 0 radical (unpaired) electrons. The first kappa shape index (κ1) is 13.9. The lowest BCUT2D eigenvalue weighted by Crippen LogP contribution is -2.57. The Kier molecular flexibility index (Phi) is 3.51. The van der Waals surface area contributed by atoms with E-state index in [1.54, 1.807) is 0 Å². The minimum atomic E-state index is -3.73. The molecule has 0 amide bonds. The highest BCUT2D eigenvalue weighted by molar-refractivity contribution is 7.89. The first-order valence-corrected chi connectivity index (χ1v) is 8.20. The van der Waals surface area contributed by atoms with Crippen molar-refractivity contribution in [2.75, 3.05) is 19.8 Å². The summed E-state index contributed by atoms with van der Waals surface area (Å²) in [5.41, 5.74) is -0.455. The van der Waals surface area contributed by atoms with Gasteiger partial charge in [0.2, 0.25) is 10.0 Å². The van der Waals surface area contributed by atoms with Crippen LogP contribution in [-0.4, -0.2) is 43.0 Å². The van der Waals surface area contributed by atoms with Crippen LogP contribution in [0.25, 0.3) is 0 Å². The first-order valence-electron chi connectivity index (χ1n) is 6.76. The van der Waals surface area contributed by atoms with Crippen molar-refractivity contribution in [2.24, 2.45) is 0 Å². The summed E-state index contributed by atoms with van der Waals surface area (Å²) in [5.74, 6) is -0.639. The SMILES string of the molecule is O=S(=O)(c1cncc(F)c1)N1CCOCC12CCCC2. The minimum Gasteiger partial charge on any atom is -0.378 e. The van der Waals surface area contributed by atoms with Crippen LogP contribution < -0.4 is 0 Å². The summed E-state index contributed by atoms with van der Waals surface area (Å²) in [6.07, 6.45) is 5.80. The zero-order valence-electron chi connectivity index (χ0n) is 11.1. The molecule has 2 heterocycles. The number of nitrogens with zero attached hydrogens (tertiary/aromatic N) is 2. The summed E-state index contributed by atoms with van der Waals surface area (Å²) in [6, 6.07) is 1.03. The average molecular weight is 300 g/mol. The number of hydrogen-bond donors (Lipinski definition) is 0. The highest BCUT2D eigenvalue weighted by atomic mass is 32.2. The molecular formula is C13H17FN2O3S. The van der Waals surface area contributed by atoms with Crippen molar-refractivity contribution < 1.29 is 17.5 Å². The second-order valence-corrected chi connectivity index (χ2v) is 7.26. The molecule has 7 heteroatoms. The van der Waals surface area contributed by atoms with Crippen LogP contribution in [0.1, 0.15) is 25.7 Å². The van der Waals surface area contributed by atoms with Crippen molar-refractivity contribution in [3.63, 3.8) is 0 Å². The van der Waals surface area contributed by atoms with Crippen molar-refractivity contribution in [2.45, 2.75) is 36.1 Å². The van der Waals surface area contributed by atoms with Gasteiger partial charge in [0.25, 0.3) is 0 Å². The second-order valence-electron chi connectivity index (χ2n) is 5.40. The van der Waals surface area contributed by atoms with E-state index in [1.807, 2.05) is 0 Å². The molecule has 5 nitrogen and oxygen atoms in total. The van der Waals surface area contributed by atoms with Gasteiger partial charge in [-0.1, -0.05) is 12.8 Å². The molecule has 2 aliphatic rings. The Bertz CT molecular complexity index is 599.